The van der Waals surface area contributed by atoms with Crippen molar-refractivity contribution < 1.29 is 24.1 Å². The van der Waals surface area contributed by atoms with Gasteiger partial charge in [0.1, 0.15) is 17.2 Å². The Morgan fingerprint density at radius 1 is 1.35 bits per heavy atom. The number of hydrogen-bond acceptors (Lipinski definition) is 6. The van der Waals surface area contributed by atoms with E-state index in [1.807, 2.05) is 51.1 Å². The van der Waals surface area contributed by atoms with Gasteiger partial charge in [-0.15, -0.1) is 0 Å². The second-order valence-corrected chi connectivity index (χ2v) is 9.67. The molecular weight excluding hydrogens is 435 g/mol. The lowest BCUT2D eigenvalue weighted by Gasteiger charge is -2.26. The number of benzene rings is 1. The molecule has 2 heterocycles. The first-order valence-corrected chi connectivity index (χ1v) is 11.4. The fourth-order valence-corrected chi connectivity index (χ4v) is 4.13. The lowest BCUT2D eigenvalue weighted by atomic mass is 9.76. The van der Waals surface area contributed by atoms with E-state index in [-0.39, 0.29) is 35.9 Å². The molecule has 3 rings (SSSR count). The van der Waals surface area contributed by atoms with Crippen LogP contribution in [-0.2, 0) is 11.2 Å². The monoisotopic (exact) mass is 466 g/mol. The van der Waals surface area contributed by atoms with Crippen LogP contribution in [0.3, 0.4) is 0 Å². The molecule has 1 aromatic heterocycles. The third-order valence-corrected chi connectivity index (χ3v) is 5.74. The van der Waals surface area contributed by atoms with Crippen molar-refractivity contribution in [3.05, 3.63) is 47.7 Å². The van der Waals surface area contributed by atoms with Gasteiger partial charge in [0.05, 0.1) is 12.2 Å². The Morgan fingerprint density at radius 2 is 2.09 bits per heavy atom. The summed E-state index contributed by atoms with van der Waals surface area (Å²) in [5, 5.41) is 35.2. The van der Waals surface area contributed by atoms with Crippen LogP contribution in [0.25, 0.3) is 11.0 Å². The molecule has 34 heavy (non-hydrogen) atoms. The van der Waals surface area contributed by atoms with Crippen molar-refractivity contribution in [3.63, 3.8) is 0 Å². The lowest BCUT2D eigenvalue weighted by molar-refractivity contribution is -0.127. The summed E-state index contributed by atoms with van der Waals surface area (Å²) >= 11 is 0. The average molecular weight is 466 g/mol. The van der Waals surface area contributed by atoms with E-state index in [1.165, 1.54) is 0 Å². The van der Waals surface area contributed by atoms with Crippen LogP contribution in [0.15, 0.2) is 46.6 Å². The zero-order chi connectivity index (χ0) is 24.9. The molecule has 0 saturated carbocycles. The Kier molecular flexibility index (Phi) is 8.02. The molecule has 1 aliphatic heterocycles. The number of nitrogens with one attached hydrogen (secondary N) is 2. The highest BCUT2D eigenvalue weighted by Crippen LogP contribution is 2.24. The maximum Gasteiger partial charge on any atom is 0.475 e. The maximum absolute atomic E-state index is 12.9. The smallest absolute Gasteiger partial charge is 0.464 e. The van der Waals surface area contributed by atoms with Gasteiger partial charge in [-0.1, -0.05) is 45.0 Å². The SMILES string of the molecule is CC(C)(C)C=C(C#N)C(=O)N1CCCC1CNC(=O)N[C@@H](Cc1coc2ccccc12)B(O)O. The summed E-state index contributed by atoms with van der Waals surface area (Å²) in [6.07, 6.45) is 4.85. The molecule has 0 bridgehead atoms. The van der Waals surface area contributed by atoms with Crippen molar-refractivity contribution in [2.75, 3.05) is 13.1 Å². The molecule has 9 nitrogen and oxygen atoms in total. The normalized spacial score (nSPS) is 17.4. The van der Waals surface area contributed by atoms with Crippen LogP contribution in [-0.4, -0.2) is 59.1 Å². The molecule has 1 fully saturated rings. The minimum atomic E-state index is -1.77. The Balaban J connectivity index is 1.59. The van der Waals surface area contributed by atoms with Crippen LogP contribution in [0, 0.1) is 16.7 Å². The number of furan rings is 1. The first-order valence-electron chi connectivity index (χ1n) is 11.4. The summed E-state index contributed by atoms with van der Waals surface area (Å²) in [7, 11) is -1.77. The number of fused-ring (bicyclic) bond motifs is 1. The largest absolute Gasteiger partial charge is 0.475 e. The predicted molar refractivity (Wildman–Crippen MR) is 128 cm³/mol. The molecule has 180 valence electrons. The van der Waals surface area contributed by atoms with Crippen LogP contribution in [0.4, 0.5) is 4.79 Å². The number of para-hydroxylation sites is 1. The van der Waals surface area contributed by atoms with E-state index in [2.05, 4.69) is 10.6 Å². The van der Waals surface area contributed by atoms with Crippen molar-refractivity contribution in [1.82, 2.24) is 15.5 Å². The molecule has 0 radical (unpaired) electrons. The molecule has 1 aliphatic rings. The molecule has 4 N–H and O–H groups in total. The number of carbonyl (C=O) groups is 2. The van der Waals surface area contributed by atoms with Gasteiger partial charge < -0.3 is 30.0 Å². The second kappa shape index (κ2) is 10.8. The van der Waals surface area contributed by atoms with Crippen LogP contribution >= 0.6 is 0 Å². The molecular formula is C24H31BN4O5. The van der Waals surface area contributed by atoms with E-state index in [4.69, 9.17) is 4.42 Å². The van der Waals surface area contributed by atoms with Gasteiger partial charge in [0.15, 0.2) is 0 Å². The highest BCUT2D eigenvalue weighted by molar-refractivity contribution is 6.43. The molecule has 0 spiro atoms. The number of carbonyl (C=O) groups excluding carboxylic acids is 2. The van der Waals surface area contributed by atoms with Crippen LogP contribution in [0.2, 0.25) is 0 Å². The summed E-state index contributed by atoms with van der Waals surface area (Å²) in [4.78, 5) is 27.0. The highest BCUT2D eigenvalue weighted by atomic mass is 16.4. The summed E-state index contributed by atoms with van der Waals surface area (Å²) < 4.78 is 5.49. The van der Waals surface area contributed by atoms with E-state index >= 15 is 0 Å². The average Bonchev–Trinajstić information content (AvgIpc) is 3.41. The Bertz CT molecular complexity index is 1100. The molecule has 3 amide bonds. The van der Waals surface area contributed by atoms with E-state index in [1.54, 1.807) is 17.2 Å². The third kappa shape index (κ3) is 6.40. The number of hydrogen-bond donors (Lipinski definition) is 4. The van der Waals surface area contributed by atoms with Crippen LogP contribution < -0.4 is 10.6 Å². The number of nitriles is 1. The first-order chi connectivity index (χ1) is 16.1. The molecule has 10 heteroatoms. The predicted octanol–water partition coefficient (Wildman–Crippen LogP) is 2.14. The number of amides is 3. The molecule has 1 unspecified atom stereocenters. The lowest BCUT2D eigenvalue weighted by Crippen LogP contribution is -2.53. The van der Waals surface area contributed by atoms with Crippen molar-refractivity contribution in [1.29, 1.82) is 5.26 Å². The zero-order valence-electron chi connectivity index (χ0n) is 19.7. The van der Waals surface area contributed by atoms with E-state index in [0.29, 0.717) is 18.5 Å². The number of allylic oxidation sites excluding steroid dienone is 1. The third-order valence-electron chi connectivity index (χ3n) is 5.74. The van der Waals surface area contributed by atoms with Crippen LogP contribution in [0.1, 0.15) is 39.2 Å². The van der Waals surface area contributed by atoms with Gasteiger partial charge in [0, 0.05) is 24.5 Å². The number of rotatable bonds is 7. The summed E-state index contributed by atoms with van der Waals surface area (Å²) in [6.45, 7) is 6.46. The number of urea groups is 1. The van der Waals surface area contributed by atoms with Gasteiger partial charge in [0.2, 0.25) is 0 Å². The second-order valence-electron chi connectivity index (χ2n) is 9.67. The van der Waals surface area contributed by atoms with Gasteiger partial charge in [-0.2, -0.15) is 5.26 Å². The van der Waals surface area contributed by atoms with Crippen molar-refractivity contribution >= 4 is 30.0 Å². The van der Waals surface area contributed by atoms with E-state index in [0.717, 1.165) is 17.4 Å². The number of nitrogens with zero attached hydrogens (tertiary/aromatic N) is 2. The minimum Gasteiger partial charge on any atom is -0.464 e. The minimum absolute atomic E-state index is 0.0969. The Labute approximate surface area is 199 Å². The topological polar surface area (TPSA) is 139 Å². The highest BCUT2D eigenvalue weighted by Gasteiger charge is 2.32. The van der Waals surface area contributed by atoms with Gasteiger partial charge in [0.25, 0.3) is 5.91 Å². The molecule has 2 aromatic rings. The first kappa shape index (κ1) is 25.3. The fourth-order valence-electron chi connectivity index (χ4n) is 4.13. The molecule has 2 atom stereocenters. The standard InChI is InChI=1S/C24H31BN4O5/c1-24(2,3)12-17(13-26)22(30)29-10-6-7-18(29)14-27-23(31)28-21(25(32)33)11-16-15-34-20-9-5-4-8-19(16)20/h4-5,8-9,12,15,18,21,32-33H,6-7,10-11,14H2,1-3H3,(H2,27,28,31)/t18?,21-/m0/s1. The van der Waals surface area contributed by atoms with Gasteiger partial charge in [-0.3, -0.25) is 4.79 Å². The van der Waals surface area contributed by atoms with Gasteiger partial charge >= 0.3 is 13.1 Å². The van der Waals surface area contributed by atoms with E-state index in [9.17, 15) is 24.9 Å². The Morgan fingerprint density at radius 3 is 2.76 bits per heavy atom. The van der Waals surface area contributed by atoms with Crippen LogP contribution in [0.5, 0.6) is 0 Å². The van der Waals surface area contributed by atoms with Crippen molar-refractivity contribution in [2.45, 2.75) is 52.0 Å². The summed E-state index contributed by atoms with van der Waals surface area (Å²) in [5.41, 5.74) is 1.21. The molecule has 1 aromatic carbocycles. The number of likely N-dealkylation sites (tertiary alicyclic amines) is 1. The quantitative estimate of drug-likeness (QED) is 0.280. The summed E-state index contributed by atoms with van der Waals surface area (Å²) in [5.74, 6) is -1.29. The fraction of sp³-hybridized carbons (Fsp3) is 0.458. The van der Waals surface area contributed by atoms with E-state index < -0.39 is 19.1 Å². The summed E-state index contributed by atoms with van der Waals surface area (Å²) in [6, 6.07) is 8.56. The van der Waals surface area contributed by atoms with Gasteiger partial charge in [-0.25, -0.2) is 4.79 Å². The Hall–Kier alpha value is -3.29. The molecule has 0 aliphatic carbocycles. The maximum atomic E-state index is 12.9. The van der Waals surface area contributed by atoms with Gasteiger partial charge in [-0.05, 0) is 36.3 Å². The van der Waals surface area contributed by atoms with Crippen molar-refractivity contribution in [2.24, 2.45) is 5.41 Å². The van der Waals surface area contributed by atoms with Crippen molar-refractivity contribution in [3.8, 4) is 6.07 Å². The zero-order valence-corrected chi connectivity index (χ0v) is 19.7. The molecule has 1 saturated heterocycles.